The van der Waals surface area contributed by atoms with Crippen LogP contribution in [0.4, 0.5) is 5.69 Å². The molecule has 0 heterocycles. The van der Waals surface area contributed by atoms with E-state index in [4.69, 9.17) is 10.5 Å². The van der Waals surface area contributed by atoms with Crippen molar-refractivity contribution < 1.29 is 9.53 Å². The molecule has 0 aliphatic heterocycles. The van der Waals surface area contributed by atoms with E-state index in [-0.39, 0.29) is 17.4 Å². The van der Waals surface area contributed by atoms with Crippen molar-refractivity contribution in [3.63, 3.8) is 0 Å². The van der Waals surface area contributed by atoms with E-state index in [0.717, 1.165) is 5.75 Å². The lowest BCUT2D eigenvalue weighted by atomic mass is 9.88. The molecule has 106 valence electrons. The van der Waals surface area contributed by atoms with Crippen LogP contribution >= 0.6 is 0 Å². The molecule has 1 atom stereocenters. The zero-order valence-corrected chi connectivity index (χ0v) is 12.2. The van der Waals surface area contributed by atoms with Crippen LogP contribution in [0.2, 0.25) is 0 Å². The molecule has 0 saturated carbocycles. The Morgan fingerprint density at radius 3 is 2.42 bits per heavy atom. The summed E-state index contributed by atoms with van der Waals surface area (Å²) in [5.74, 6) is 0.740. The normalized spacial score (nSPS) is 12.8. The molecule has 1 rings (SSSR count). The van der Waals surface area contributed by atoms with E-state index >= 15 is 0 Å². The average molecular weight is 264 g/mol. The second kappa shape index (κ2) is 6.45. The van der Waals surface area contributed by atoms with E-state index in [0.29, 0.717) is 18.7 Å². The predicted molar refractivity (Wildman–Crippen MR) is 78.0 cm³/mol. The Balaban J connectivity index is 2.29. The largest absolute Gasteiger partial charge is 0.493 e. The van der Waals surface area contributed by atoms with E-state index < -0.39 is 0 Å². The summed E-state index contributed by atoms with van der Waals surface area (Å²) in [4.78, 5) is 11.7. The summed E-state index contributed by atoms with van der Waals surface area (Å²) < 4.78 is 5.48. The molecule has 0 aromatic heterocycles. The molecule has 19 heavy (non-hydrogen) atoms. The fourth-order valence-electron chi connectivity index (χ4n) is 1.36. The van der Waals surface area contributed by atoms with E-state index in [1.807, 2.05) is 6.92 Å². The maximum absolute atomic E-state index is 11.7. The van der Waals surface area contributed by atoms with Gasteiger partial charge in [0.2, 0.25) is 5.91 Å². The average Bonchev–Trinajstić information content (AvgIpc) is 2.30. The standard InChI is InChI=1S/C15H24N2O2/c1-11(15(2,3)4)17-14(18)9-10-19-13-7-5-12(16)6-8-13/h5-8,11H,9-10,16H2,1-4H3,(H,17,18). The van der Waals surface area contributed by atoms with Gasteiger partial charge in [0.05, 0.1) is 13.0 Å². The summed E-state index contributed by atoms with van der Waals surface area (Å²) in [6, 6.07) is 7.28. The Hall–Kier alpha value is -1.71. The highest BCUT2D eigenvalue weighted by atomic mass is 16.5. The first kappa shape index (κ1) is 15.3. The molecule has 0 spiro atoms. The number of nitrogen functional groups attached to an aromatic ring is 1. The van der Waals surface area contributed by atoms with Crippen molar-refractivity contribution in [2.45, 2.75) is 40.2 Å². The summed E-state index contributed by atoms with van der Waals surface area (Å²) in [7, 11) is 0. The zero-order valence-electron chi connectivity index (χ0n) is 12.2. The summed E-state index contributed by atoms with van der Waals surface area (Å²) in [5, 5.41) is 2.98. The van der Waals surface area contributed by atoms with E-state index in [2.05, 4.69) is 26.1 Å². The molecule has 1 aromatic rings. The quantitative estimate of drug-likeness (QED) is 0.803. The van der Waals surface area contributed by atoms with Crippen LogP contribution < -0.4 is 15.8 Å². The van der Waals surface area contributed by atoms with Crippen molar-refractivity contribution in [1.29, 1.82) is 0 Å². The Morgan fingerprint density at radius 2 is 1.89 bits per heavy atom. The minimum absolute atomic E-state index is 0.0119. The van der Waals surface area contributed by atoms with Crippen LogP contribution in [0.15, 0.2) is 24.3 Å². The van der Waals surface area contributed by atoms with Crippen molar-refractivity contribution in [2.75, 3.05) is 12.3 Å². The summed E-state index contributed by atoms with van der Waals surface area (Å²) >= 11 is 0. The van der Waals surface area contributed by atoms with Gasteiger partial charge in [0, 0.05) is 11.7 Å². The van der Waals surface area contributed by atoms with Crippen LogP contribution in [0, 0.1) is 5.41 Å². The Morgan fingerprint density at radius 1 is 1.32 bits per heavy atom. The zero-order chi connectivity index (χ0) is 14.5. The summed E-state index contributed by atoms with van der Waals surface area (Å²) in [6.45, 7) is 8.68. The lowest BCUT2D eigenvalue weighted by Gasteiger charge is -2.28. The molecule has 3 N–H and O–H groups in total. The van der Waals surface area contributed by atoms with Gasteiger partial charge < -0.3 is 15.8 Å². The van der Waals surface area contributed by atoms with E-state index in [1.54, 1.807) is 24.3 Å². The molecule has 1 unspecified atom stereocenters. The SMILES string of the molecule is CC(NC(=O)CCOc1ccc(N)cc1)C(C)(C)C. The van der Waals surface area contributed by atoms with Crippen LogP contribution in [0.3, 0.4) is 0 Å². The Kier molecular flexibility index (Phi) is 5.21. The van der Waals surface area contributed by atoms with Gasteiger partial charge in [-0.15, -0.1) is 0 Å². The van der Waals surface area contributed by atoms with Crippen molar-refractivity contribution in [1.82, 2.24) is 5.32 Å². The van der Waals surface area contributed by atoms with Gasteiger partial charge in [-0.25, -0.2) is 0 Å². The maximum atomic E-state index is 11.7. The van der Waals surface area contributed by atoms with Crippen LogP contribution in [0.1, 0.15) is 34.1 Å². The highest BCUT2D eigenvalue weighted by Gasteiger charge is 2.21. The van der Waals surface area contributed by atoms with Gasteiger partial charge in [-0.05, 0) is 36.6 Å². The van der Waals surface area contributed by atoms with Crippen LogP contribution in [-0.4, -0.2) is 18.6 Å². The van der Waals surface area contributed by atoms with Gasteiger partial charge in [0.1, 0.15) is 5.75 Å². The monoisotopic (exact) mass is 264 g/mol. The van der Waals surface area contributed by atoms with Gasteiger partial charge in [0.25, 0.3) is 0 Å². The molecule has 4 nitrogen and oxygen atoms in total. The third-order valence-corrected chi connectivity index (χ3v) is 3.15. The minimum Gasteiger partial charge on any atom is -0.493 e. The first-order valence-electron chi connectivity index (χ1n) is 6.57. The number of hydrogen-bond acceptors (Lipinski definition) is 3. The second-order valence-corrected chi connectivity index (χ2v) is 5.82. The fraction of sp³-hybridized carbons (Fsp3) is 0.533. The van der Waals surface area contributed by atoms with Gasteiger partial charge in [-0.1, -0.05) is 20.8 Å². The minimum atomic E-state index is 0.0119. The number of carbonyl (C=O) groups is 1. The van der Waals surface area contributed by atoms with Crippen molar-refractivity contribution in [3.8, 4) is 5.75 Å². The smallest absolute Gasteiger partial charge is 0.223 e. The van der Waals surface area contributed by atoms with Crippen molar-refractivity contribution >= 4 is 11.6 Å². The van der Waals surface area contributed by atoms with E-state index in [9.17, 15) is 4.79 Å². The van der Waals surface area contributed by atoms with Crippen molar-refractivity contribution in [3.05, 3.63) is 24.3 Å². The molecule has 1 amide bonds. The fourth-order valence-corrected chi connectivity index (χ4v) is 1.36. The lowest BCUT2D eigenvalue weighted by Crippen LogP contribution is -2.41. The number of anilines is 1. The van der Waals surface area contributed by atoms with Gasteiger partial charge in [0.15, 0.2) is 0 Å². The summed E-state index contributed by atoms with van der Waals surface area (Å²) in [6.07, 6.45) is 0.352. The van der Waals surface area contributed by atoms with Gasteiger partial charge in [-0.2, -0.15) is 0 Å². The number of nitrogens with one attached hydrogen (secondary N) is 1. The topological polar surface area (TPSA) is 64.3 Å². The number of nitrogens with two attached hydrogens (primary N) is 1. The third-order valence-electron chi connectivity index (χ3n) is 3.15. The molecule has 0 aliphatic rings. The van der Waals surface area contributed by atoms with Gasteiger partial charge >= 0.3 is 0 Å². The highest BCUT2D eigenvalue weighted by Crippen LogP contribution is 2.18. The van der Waals surface area contributed by atoms with Crippen LogP contribution in [0.5, 0.6) is 5.75 Å². The number of hydrogen-bond donors (Lipinski definition) is 2. The number of ether oxygens (including phenoxy) is 1. The second-order valence-electron chi connectivity index (χ2n) is 5.82. The highest BCUT2D eigenvalue weighted by molar-refractivity contribution is 5.76. The number of rotatable bonds is 5. The lowest BCUT2D eigenvalue weighted by molar-refractivity contribution is -0.122. The first-order chi connectivity index (χ1) is 8.79. The molecule has 0 radical (unpaired) electrons. The summed E-state index contributed by atoms with van der Waals surface area (Å²) in [5.41, 5.74) is 6.34. The number of amides is 1. The molecule has 0 fully saturated rings. The van der Waals surface area contributed by atoms with Crippen LogP contribution in [-0.2, 0) is 4.79 Å². The molecule has 0 aliphatic carbocycles. The molecular formula is C15H24N2O2. The Bertz CT molecular complexity index is 407. The molecular weight excluding hydrogens is 240 g/mol. The van der Waals surface area contributed by atoms with Crippen molar-refractivity contribution in [2.24, 2.45) is 5.41 Å². The third kappa shape index (κ3) is 5.64. The molecule has 0 saturated heterocycles. The number of benzene rings is 1. The molecule has 1 aromatic carbocycles. The molecule has 4 heteroatoms. The molecule has 0 bridgehead atoms. The van der Waals surface area contributed by atoms with Crippen LogP contribution in [0.25, 0.3) is 0 Å². The maximum Gasteiger partial charge on any atom is 0.223 e. The van der Waals surface area contributed by atoms with Gasteiger partial charge in [-0.3, -0.25) is 4.79 Å². The predicted octanol–water partition coefficient (Wildman–Crippen LogP) is 2.59. The number of carbonyl (C=O) groups excluding carboxylic acids is 1. The van der Waals surface area contributed by atoms with E-state index in [1.165, 1.54) is 0 Å². The first-order valence-corrected chi connectivity index (χ1v) is 6.57. The Labute approximate surface area is 115 Å².